The van der Waals surface area contributed by atoms with Crippen molar-refractivity contribution in [3.8, 4) is 0 Å². The summed E-state index contributed by atoms with van der Waals surface area (Å²) in [5.41, 5.74) is 6.93. The molecule has 1 atom stereocenters. The number of carbonyl (C=O) groups is 1. The minimum Gasteiger partial charge on any atom is -0.396 e. The van der Waals surface area contributed by atoms with Crippen molar-refractivity contribution in [2.75, 3.05) is 19.7 Å². The van der Waals surface area contributed by atoms with Crippen molar-refractivity contribution >= 4 is 23.1 Å². The molecule has 0 aromatic heterocycles. The lowest BCUT2D eigenvalue weighted by Crippen LogP contribution is -2.40. The molecule has 4 nitrogen and oxygen atoms in total. The van der Waals surface area contributed by atoms with Crippen LogP contribution in [0.15, 0.2) is 24.3 Å². The molecule has 1 fully saturated rings. The second-order valence-corrected chi connectivity index (χ2v) is 5.32. The van der Waals surface area contributed by atoms with Crippen molar-refractivity contribution < 1.29 is 9.90 Å². The fraction of sp³-hybridized carbons (Fsp3) is 0.429. The highest BCUT2D eigenvalue weighted by molar-refractivity contribution is 7.80. The van der Waals surface area contributed by atoms with Gasteiger partial charge in [0.25, 0.3) is 5.91 Å². The maximum atomic E-state index is 12.3. The van der Waals surface area contributed by atoms with Gasteiger partial charge in [-0.15, -0.1) is 0 Å². The monoisotopic (exact) mass is 278 g/mol. The lowest BCUT2D eigenvalue weighted by atomic mass is 9.98. The van der Waals surface area contributed by atoms with Crippen molar-refractivity contribution in [1.82, 2.24) is 4.90 Å². The van der Waals surface area contributed by atoms with Crippen LogP contribution in [0.25, 0.3) is 0 Å². The molecular weight excluding hydrogens is 260 g/mol. The number of thiocarbonyl (C=S) groups is 1. The number of rotatable bonds is 3. The Morgan fingerprint density at radius 3 is 2.58 bits per heavy atom. The Morgan fingerprint density at radius 2 is 2.00 bits per heavy atom. The third-order valence-corrected chi connectivity index (χ3v) is 3.72. The largest absolute Gasteiger partial charge is 0.396 e. The van der Waals surface area contributed by atoms with Crippen LogP contribution in [0.4, 0.5) is 0 Å². The Kier molecular flexibility index (Phi) is 4.50. The quantitative estimate of drug-likeness (QED) is 0.814. The van der Waals surface area contributed by atoms with E-state index in [1.165, 1.54) is 0 Å². The predicted octanol–water partition coefficient (Wildman–Crippen LogP) is 1.17. The highest BCUT2D eigenvalue weighted by Crippen LogP contribution is 2.18. The molecule has 1 aliphatic rings. The number of hydrogen-bond donors (Lipinski definition) is 2. The van der Waals surface area contributed by atoms with Crippen LogP contribution in [0.5, 0.6) is 0 Å². The van der Waals surface area contributed by atoms with Crippen molar-refractivity contribution in [2.24, 2.45) is 11.7 Å². The second kappa shape index (κ2) is 6.12. The van der Waals surface area contributed by atoms with Crippen LogP contribution in [0.2, 0.25) is 0 Å². The molecule has 3 N–H and O–H groups in total. The number of aliphatic hydroxyl groups is 1. The van der Waals surface area contributed by atoms with Crippen LogP contribution in [0, 0.1) is 5.92 Å². The fourth-order valence-electron chi connectivity index (χ4n) is 2.36. The summed E-state index contributed by atoms with van der Waals surface area (Å²) in [4.78, 5) is 14.5. The van der Waals surface area contributed by atoms with Gasteiger partial charge < -0.3 is 15.7 Å². The van der Waals surface area contributed by atoms with Crippen molar-refractivity contribution in [3.05, 3.63) is 35.4 Å². The first-order chi connectivity index (χ1) is 9.11. The number of benzene rings is 1. The van der Waals surface area contributed by atoms with Crippen molar-refractivity contribution in [1.29, 1.82) is 0 Å². The molecule has 2 rings (SSSR count). The number of likely N-dealkylation sites (tertiary alicyclic amines) is 1. The van der Waals surface area contributed by atoms with Gasteiger partial charge in [-0.2, -0.15) is 0 Å². The lowest BCUT2D eigenvalue weighted by Gasteiger charge is -2.31. The average molecular weight is 278 g/mol. The molecular formula is C14H18N2O2S. The number of nitrogens with zero attached hydrogens (tertiary/aromatic N) is 1. The number of hydrogen-bond acceptors (Lipinski definition) is 3. The molecule has 1 unspecified atom stereocenters. The van der Waals surface area contributed by atoms with Crippen LogP contribution < -0.4 is 5.73 Å². The molecule has 19 heavy (non-hydrogen) atoms. The Morgan fingerprint density at radius 1 is 1.37 bits per heavy atom. The molecule has 1 aromatic rings. The number of aliphatic hydroxyl groups excluding tert-OH is 1. The maximum Gasteiger partial charge on any atom is 0.253 e. The van der Waals surface area contributed by atoms with Crippen LogP contribution >= 0.6 is 12.2 Å². The van der Waals surface area contributed by atoms with Crippen LogP contribution in [-0.4, -0.2) is 40.6 Å². The Balaban J connectivity index is 2.08. The molecule has 1 amide bonds. The molecule has 1 aliphatic heterocycles. The summed E-state index contributed by atoms with van der Waals surface area (Å²) in [6, 6.07) is 7.03. The maximum absolute atomic E-state index is 12.3. The Hall–Kier alpha value is -1.46. The van der Waals surface area contributed by atoms with E-state index in [9.17, 15) is 9.90 Å². The summed E-state index contributed by atoms with van der Waals surface area (Å²) in [5.74, 6) is 0.209. The van der Waals surface area contributed by atoms with Gasteiger partial charge in [0.1, 0.15) is 4.99 Å². The van der Waals surface area contributed by atoms with E-state index in [4.69, 9.17) is 18.0 Å². The van der Waals surface area contributed by atoms with E-state index >= 15 is 0 Å². The van der Waals surface area contributed by atoms with Gasteiger partial charge in [0, 0.05) is 30.8 Å². The SMILES string of the molecule is NC(=S)c1ccc(C(=O)N2CCCC(CO)C2)cc1. The summed E-state index contributed by atoms with van der Waals surface area (Å²) in [5, 5.41) is 9.19. The fourth-order valence-corrected chi connectivity index (χ4v) is 2.49. The van der Waals surface area contributed by atoms with Gasteiger partial charge in [0.2, 0.25) is 0 Å². The summed E-state index contributed by atoms with van der Waals surface area (Å²) < 4.78 is 0. The van der Waals surface area contributed by atoms with Gasteiger partial charge in [0.05, 0.1) is 0 Å². The third kappa shape index (κ3) is 3.30. The van der Waals surface area contributed by atoms with Gasteiger partial charge in [-0.1, -0.05) is 24.4 Å². The molecule has 0 bridgehead atoms. The highest BCUT2D eigenvalue weighted by atomic mass is 32.1. The molecule has 0 saturated carbocycles. The first kappa shape index (κ1) is 14.0. The van der Waals surface area contributed by atoms with Crippen LogP contribution in [-0.2, 0) is 0 Å². The van der Waals surface area contributed by atoms with Gasteiger partial charge in [-0.05, 0) is 30.9 Å². The van der Waals surface area contributed by atoms with Gasteiger partial charge in [-0.25, -0.2) is 0 Å². The molecule has 1 saturated heterocycles. The van der Waals surface area contributed by atoms with Crippen LogP contribution in [0.1, 0.15) is 28.8 Å². The van der Waals surface area contributed by atoms with E-state index in [1.807, 2.05) is 0 Å². The zero-order valence-electron chi connectivity index (χ0n) is 10.7. The van der Waals surface area contributed by atoms with Gasteiger partial charge in [-0.3, -0.25) is 4.79 Å². The number of amides is 1. The summed E-state index contributed by atoms with van der Waals surface area (Å²) >= 11 is 4.88. The van der Waals surface area contributed by atoms with E-state index in [2.05, 4.69) is 0 Å². The number of nitrogens with two attached hydrogens (primary N) is 1. The molecule has 0 aliphatic carbocycles. The van der Waals surface area contributed by atoms with Gasteiger partial charge in [0.15, 0.2) is 0 Å². The predicted molar refractivity (Wildman–Crippen MR) is 78.0 cm³/mol. The van der Waals surface area contributed by atoms with Gasteiger partial charge >= 0.3 is 0 Å². The first-order valence-electron chi connectivity index (χ1n) is 6.42. The number of piperidine rings is 1. The zero-order valence-corrected chi connectivity index (χ0v) is 11.5. The minimum absolute atomic E-state index is 0.00707. The smallest absolute Gasteiger partial charge is 0.253 e. The topological polar surface area (TPSA) is 66.6 Å². The standard InChI is InChI=1S/C14H18N2O2S/c15-13(19)11-3-5-12(6-4-11)14(18)16-7-1-2-10(8-16)9-17/h3-6,10,17H,1-2,7-9H2,(H2,15,19). The van der Waals surface area contributed by atoms with E-state index < -0.39 is 0 Å². The van der Waals surface area contributed by atoms with E-state index in [-0.39, 0.29) is 18.4 Å². The van der Waals surface area contributed by atoms with Crippen LogP contribution in [0.3, 0.4) is 0 Å². The average Bonchev–Trinajstić information content (AvgIpc) is 2.46. The summed E-state index contributed by atoms with van der Waals surface area (Å²) in [7, 11) is 0. The molecule has 0 spiro atoms. The molecule has 5 heteroatoms. The molecule has 1 heterocycles. The molecule has 102 valence electrons. The van der Waals surface area contributed by atoms with E-state index in [0.717, 1.165) is 24.9 Å². The highest BCUT2D eigenvalue weighted by Gasteiger charge is 2.23. The molecule has 0 radical (unpaired) electrons. The third-order valence-electron chi connectivity index (χ3n) is 3.48. The second-order valence-electron chi connectivity index (χ2n) is 4.88. The van der Waals surface area contributed by atoms with E-state index in [0.29, 0.717) is 17.1 Å². The first-order valence-corrected chi connectivity index (χ1v) is 6.82. The van der Waals surface area contributed by atoms with Crippen molar-refractivity contribution in [2.45, 2.75) is 12.8 Å². The minimum atomic E-state index is 0.00707. The normalized spacial score (nSPS) is 19.2. The number of carbonyl (C=O) groups excluding carboxylic acids is 1. The van der Waals surface area contributed by atoms with Crippen molar-refractivity contribution in [3.63, 3.8) is 0 Å². The summed E-state index contributed by atoms with van der Waals surface area (Å²) in [6.07, 6.45) is 1.93. The van der Waals surface area contributed by atoms with E-state index in [1.54, 1.807) is 29.2 Å². The summed E-state index contributed by atoms with van der Waals surface area (Å²) in [6.45, 7) is 1.53. The Labute approximate surface area is 118 Å². The molecule has 1 aromatic carbocycles. The Bertz CT molecular complexity index is 473. The lowest BCUT2D eigenvalue weighted by molar-refractivity contribution is 0.0620. The zero-order chi connectivity index (χ0) is 13.8.